The Kier molecular flexibility index (Phi) is 5.63. The number of hydrogen-bond donors (Lipinski definition) is 2. The maximum absolute atomic E-state index is 13.4. The summed E-state index contributed by atoms with van der Waals surface area (Å²) in [5.41, 5.74) is 1.88. The topological polar surface area (TPSA) is 49.3 Å². The number of hydrogen-bond acceptors (Lipinski definition) is 2. The van der Waals surface area contributed by atoms with Crippen LogP contribution >= 0.6 is 0 Å². The van der Waals surface area contributed by atoms with Crippen LogP contribution in [0.2, 0.25) is 0 Å². The Bertz CT molecular complexity index is 939. The van der Waals surface area contributed by atoms with E-state index in [-0.39, 0.29) is 11.8 Å². The number of carbonyl (C=O) groups excluding carboxylic acids is 1. The molecule has 2 saturated carbocycles. The zero-order valence-corrected chi connectivity index (χ0v) is 19.5. The van der Waals surface area contributed by atoms with E-state index < -0.39 is 5.60 Å². The van der Waals surface area contributed by atoms with Gasteiger partial charge in [-0.2, -0.15) is 0 Å². The molecule has 0 radical (unpaired) electrons. The number of nitrogens with zero attached hydrogens (tertiary/aromatic N) is 1. The van der Waals surface area contributed by atoms with Crippen LogP contribution in [0.1, 0.15) is 42.4 Å². The Labute approximate surface area is 192 Å². The number of quaternary nitrogens is 1. The summed E-state index contributed by atoms with van der Waals surface area (Å²) < 4.78 is 1.10. The van der Waals surface area contributed by atoms with Crippen LogP contribution in [0, 0.1) is 30.6 Å². The Morgan fingerprint density at radius 1 is 1.03 bits per heavy atom. The van der Waals surface area contributed by atoms with E-state index in [9.17, 15) is 9.90 Å². The molecule has 0 aromatic heterocycles. The van der Waals surface area contributed by atoms with Crippen LogP contribution in [-0.2, 0) is 16.9 Å². The Morgan fingerprint density at radius 3 is 2.28 bits per heavy atom. The molecule has 4 nitrogen and oxygen atoms in total. The third kappa shape index (κ3) is 3.99. The van der Waals surface area contributed by atoms with Crippen molar-refractivity contribution in [2.75, 3.05) is 26.7 Å². The van der Waals surface area contributed by atoms with E-state index in [0.717, 1.165) is 47.8 Å². The second-order valence-electron chi connectivity index (χ2n) is 10.9. The molecular formula is C28H37N2O2+. The first-order valence-electron chi connectivity index (χ1n) is 12.3. The zero-order valence-electron chi connectivity index (χ0n) is 19.5. The van der Waals surface area contributed by atoms with Gasteiger partial charge < -0.3 is 14.9 Å². The molecule has 32 heavy (non-hydrogen) atoms. The lowest BCUT2D eigenvalue weighted by Gasteiger charge is -2.34. The molecule has 2 N–H and O–H groups in total. The quantitative estimate of drug-likeness (QED) is 0.648. The van der Waals surface area contributed by atoms with Crippen molar-refractivity contribution < 1.29 is 14.4 Å². The largest absolute Gasteiger partial charge is 0.375 e. The lowest BCUT2D eigenvalue weighted by molar-refractivity contribution is -0.916. The van der Waals surface area contributed by atoms with Gasteiger partial charge in [-0.25, -0.2) is 0 Å². The number of amides is 1. The van der Waals surface area contributed by atoms with E-state index in [1.165, 1.54) is 18.7 Å². The van der Waals surface area contributed by atoms with Crippen LogP contribution in [-0.4, -0.2) is 42.2 Å². The monoisotopic (exact) mass is 433 g/mol. The molecule has 3 aliphatic rings. The summed E-state index contributed by atoms with van der Waals surface area (Å²) in [6.45, 7) is 6.19. The number of carbonyl (C=O) groups is 1. The van der Waals surface area contributed by atoms with Gasteiger partial charge >= 0.3 is 0 Å². The molecule has 2 aromatic rings. The minimum Gasteiger partial charge on any atom is -0.375 e. The maximum Gasteiger partial charge on any atom is 0.256 e. The van der Waals surface area contributed by atoms with Crippen molar-refractivity contribution in [1.82, 2.24) is 5.32 Å². The van der Waals surface area contributed by atoms with Gasteiger partial charge in [0.15, 0.2) is 5.60 Å². The molecule has 1 amide bonds. The highest BCUT2D eigenvalue weighted by Gasteiger charge is 2.61. The van der Waals surface area contributed by atoms with Crippen molar-refractivity contribution in [2.45, 2.75) is 44.8 Å². The van der Waals surface area contributed by atoms with Gasteiger partial charge in [0.05, 0.1) is 20.1 Å². The lowest BCUT2D eigenvalue weighted by Crippen LogP contribution is -2.50. The first-order chi connectivity index (χ1) is 15.4. The van der Waals surface area contributed by atoms with Gasteiger partial charge in [0.1, 0.15) is 6.54 Å². The number of aryl methyl sites for hydroxylation is 1. The third-order valence-electron chi connectivity index (χ3n) is 8.50. The fourth-order valence-electron chi connectivity index (χ4n) is 6.66. The highest BCUT2D eigenvalue weighted by atomic mass is 16.3. The van der Waals surface area contributed by atoms with Gasteiger partial charge in [-0.15, -0.1) is 0 Å². The predicted octanol–water partition coefficient (Wildman–Crippen LogP) is 4.01. The van der Waals surface area contributed by atoms with E-state index in [4.69, 9.17) is 0 Å². The average molecular weight is 434 g/mol. The Balaban J connectivity index is 1.21. The molecule has 5 rings (SSSR count). The molecule has 1 saturated heterocycles. The maximum atomic E-state index is 13.4. The van der Waals surface area contributed by atoms with Crippen molar-refractivity contribution in [3.63, 3.8) is 0 Å². The van der Waals surface area contributed by atoms with E-state index in [0.29, 0.717) is 24.3 Å². The fraction of sp³-hybridized carbons (Fsp3) is 0.536. The molecule has 1 heterocycles. The molecule has 0 bridgehead atoms. The van der Waals surface area contributed by atoms with Crippen molar-refractivity contribution in [1.29, 1.82) is 0 Å². The molecule has 4 heteroatoms. The van der Waals surface area contributed by atoms with Crippen LogP contribution < -0.4 is 5.32 Å². The molecular weight excluding hydrogens is 396 g/mol. The highest BCUT2D eigenvalue weighted by Crippen LogP contribution is 2.54. The number of piperidine rings is 1. The van der Waals surface area contributed by atoms with E-state index in [2.05, 4.69) is 42.7 Å². The van der Waals surface area contributed by atoms with Crippen molar-refractivity contribution in [3.8, 4) is 0 Å². The fourth-order valence-corrected chi connectivity index (χ4v) is 6.66. The molecule has 3 fully saturated rings. The zero-order chi connectivity index (χ0) is 22.3. The van der Waals surface area contributed by atoms with Crippen molar-refractivity contribution >= 4 is 5.91 Å². The Hall–Kier alpha value is -2.17. The number of likely N-dealkylation sites (tertiary alicyclic amines) is 1. The smallest absolute Gasteiger partial charge is 0.256 e. The molecule has 170 valence electrons. The van der Waals surface area contributed by atoms with Crippen LogP contribution in [0.5, 0.6) is 0 Å². The van der Waals surface area contributed by atoms with E-state index in [1.807, 2.05) is 31.2 Å². The van der Waals surface area contributed by atoms with E-state index in [1.54, 1.807) is 0 Å². The first kappa shape index (κ1) is 21.7. The summed E-state index contributed by atoms with van der Waals surface area (Å²) in [6.07, 6.45) is 4.03. The summed E-state index contributed by atoms with van der Waals surface area (Å²) in [7, 11) is 2.37. The summed E-state index contributed by atoms with van der Waals surface area (Å²) in [4.78, 5) is 13.4. The average Bonchev–Trinajstić information content (AvgIpc) is 3.17. The van der Waals surface area contributed by atoms with Gasteiger partial charge in [-0.05, 0) is 31.2 Å². The Morgan fingerprint density at radius 2 is 1.66 bits per heavy atom. The summed E-state index contributed by atoms with van der Waals surface area (Å²) in [5, 5.41) is 14.9. The van der Waals surface area contributed by atoms with Crippen LogP contribution in [0.3, 0.4) is 0 Å². The van der Waals surface area contributed by atoms with E-state index >= 15 is 0 Å². The second kappa shape index (κ2) is 8.31. The third-order valence-corrected chi connectivity index (χ3v) is 8.50. The molecule has 2 aromatic carbocycles. The van der Waals surface area contributed by atoms with Crippen molar-refractivity contribution in [3.05, 3.63) is 71.3 Å². The SMILES string of the molecule is Cc1ccc(C(O)(C(=O)NCC2C3C[N+](C)(Cc4ccccc4)CC23)C2CCCC2)cc1. The number of benzene rings is 2. The highest BCUT2D eigenvalue weighted by molar-refractivity contribution is 5.86. The number of fused-ring (bicyclic) bond motifs is 1. The summed E-state index contributed by atoms with van der Waals surface area (Å²) in [6, 6.07) is 18.6. The van der Waals surface area contributed by atoms with Gasteiger partial charge in [0.2, 0.25) is 0 Å². The van der Waals surface area contributed by atoms with Crippen LogP contribution in [0.15, 0.2) is 54.6 Å². The number of rotatable bonds is 7. The van der Waals surface area contributed by atoms with Gasteiger partial charge in [0.25, 0.3) is 5.91 Å². The summed E-state index contributed by atoms with van der Waals surface area (Å²) in [5.74, 6) is 1.77. The van der Waals surface area contributed by atoms with Gasteiger partial charge in [0, 0.05) is 29.9 Å². The number of aliphatic hydroxyl groups is 1. The van der Waals surface area contributed by atoms with Gasteiger partial charge in [-0.3, -0.25) is 4.79 Å². The lowest BCUT2D eigenvalue weighted by atomic mass is 9.79. The second-order valence-corrected chi connectivity index (χ2v) is 10.9. The molecule has 0 spiro atoms. The first-order valence-corrected chi connectivity index (χ1v) is 12.3. The predicted molar refractivity (Wildman–Crippen MR) is 127 cm³/mol. The molecule has 3 atom stereocenters. The number of nitrogens with one attached hydrogen (secondary N) is 1. The van der Waals surface area contributed by atoms with Crippen LogP contribution in [0.4, 0.5) is 0 Å². The van der Waals surface area contributed by atoms with Gasteiger partial charge in [-0.1, -0.05) is 73.0 Å². The van der Waals surface area contributed by atoms with Crippen LogP contribution in [0.25, 0.3) is 0 Å². The summed E-state index contributed by atoms with van der Waals surface area (Å²) >= 11 is 0. The molecule has 2 aliphatic carbocycles. The minimum absolute atomic E-state index is 0.00902. The molecule has 1 aliphatic heterocycles. The normalized spacial score (nSPS) is 31.2. The van der Waals surface area contributed by atoms with Crippen molar-refractivity contribution in [2.24, 2.45) is 23.7 Å². The minimum atomic E-state index is -1.41. The standard InChI is InChI=1S/C28H36N2O2/c1-20-12-14-23(15-13-20)28(32,22-10-6-7-11-22)27(31)29-16-24-25-18-30(2,19-26(24)25)17-21-8-4-3-5-9-21/h3-5,8-9,12-15,22,24-26,32H,6-7,10-11,16-19H2,1-2H3/p+1. The molecule has 3 unspecified atom stereocenters.